The Bertz CT molecular complexity index is 1110. The van der Waals surface area contributed by atoms with E-state index < -0.39 is 29.4 Å². The third-order valence-corrected chi connectivity index (χ3v) is 11.6. The predicted octanol–water partition coefficient (Wildman–Crippen LogP) is 13.7. The summed E-state index contributed by atoms with van der Waals surface area (Å²) in [4.78, 5) is 63.3. The van der Waals surface area contributed by atoms with E-state index in [0.717, 1.165) is 38.5 Å². The molecule has 0 spiro atoms. The summed E-state index contributed by atoms with van der Waals surface area (Å²) >= 11 is 0. The molecular formula is C53H98O11. The maximum Gasteiger partial charge on any atom is 0.317 e. The summed E-state index contributed by atoms with van der Waals surface area (Å²) < 4.78 is 33.3. The standard InChI is InChI=1S/C53H98O11/c1-8-10-12-14-16-18-20-22-24-26-28-30-33-37-48(54)60-41-47(42-61-49(55)38-34-31-29-27-25-23-21-19-17-15-13-11-9-2)64-50(56)39-35-32-36-40-59-52(58)53(7,43-62-46(5)6)44-63-51(57)45(3)4/h45-47H,8-44H2,1-7H3. The molecular weight excluding hydrogens is 813 g/mol. The van der Waals surface area contributed by atoms with Crippen LogP contribution in [0.5, 0.6) is 0 Å². The van der Waals surface area contributed by atoms with Gasteiger partial charge in [-0.25, -0.2) is 0 Å². The van der Waals surface area contributed by atoms with Gasteiger partial charge in [0.1, 0.15) is 25.2 Å². The zero-order valence-electron chi connectivity index (χ0n) is 42.4. The van der Waals surface area contributed by atoms with E-state index in [0.29, 0.717) is 32.1 Å². The van der Waals surface area contributed by atoms with Crippen LogP contribution >= 0.6 is 0 Å². The Balaban J connectivity index is 4.74. The van der Waals surface area contributed by atoms with E-state index in [2.05, 4.69) is 13.8 Å². The van der Waals surface area contributed by atoms with Crippen molar-refractivity contribution < 1.29 is 52.4 Å². The number of carbonyl (C=O) groups excluding carboxylic acids is 5. The lowest BCUT2D eigenvalue weighted by molar-refractivity contribution is -0.169. The molecule has 0 heterocycles. The molecule has 0 amide bonds. The van der Waals surface area contributed by atoms with Gasteiger partial charge in [-0.15, -0.1) is 0 Å². The largest absolute Gasteiger partial charge is 0.465 e. The summed E-state index contributed by atoms with van der Waals surface area (Å²) in [5.74, 6) is -2.41. The highest BCUT2D eigenvalue weighted by molar-refractivity contribution is 5.78. The number of hydrogen-bond donors (Lipinski definition) is 0. The van der Waals surface area contributed by atoms with Gasteiger partial charge in [0.05, 0.1) is 25.2 Å². The quantitative estimate of drug-likeness (QED) is 0.0327. The number of ether oxygens (including phenoxy) is 6. The van der Waals surface area contributed by atoms with Gasteiger partial charge in [0.25, 0.3) is 0 Å². The van der Waals surface area contributed by atoms with Crippen molar-refractivity contribution in [2.45, 2.75) is 266 Å². The summed E-state index contributed by atoms with van der Waals surface area (Å²) in [5, 5.41) is 0. The molecule has 0 aliphatic rings. The Morgan fingerprint density at radius 2 is 0.781 bits per heavy atom. The second-order valence-corrected chi connectivity index (χ2v) is 19.1. The van der Waals surface area contributed by atoms with Gasteiger partial charge < -0.3 is 28.4 Å². The van der Waals surface area contributed by atoms with Gasteiger partial charge in [-0.3, -0.25) is 24.0 Å². The minimum Gasteiger partial charge on any atom is -0.465 e. The average molecular weight is 911 g/mol. The van der Waals surface area contributed by atoms with E-state index in [1.165, 1.54) is 128 Å². The van der Waals surface area contributed by atoms with Crippen LogP contribution in [-0.2, 0) is 52.4 Å². The van der Waals surface area contributed by atoms with E-state index in [1.807, 2.05) is 13.8 Å². The van der Waals surface area contributed by atoms with Crippen molar-refractivity contribution in [1.82, 2.24) is 0 Å². The average Bonchev–Trinajstić information content (AvgIpc) is 3.27. The van der Waals surface area contributed by atoms with Crippen LogP contribution in [0, 0.1) is 11.3 Å². The molecule has 0 saturated heterocycles. The van der Waals surface area contributed by atoms with Gasteiger partial charge in [-0.05, 0) is 52.9 Å². The number of hydrogen-bond acceptors (Lipinski definition) is 11. The highest BCUT2D eigenvalue weighted by Gasteiger charge is 2.38. The van der Waals surface area contributed by atoms with Crippen LogP contribution < -0.4 is 0 Å². The Kier molecular flexibility index (Phi) is 41.1. The van der Waals surface area contributed by atoms with Crippen molar-refractivity contribution in [1.29, 1.82) is 0 Å². The monoisotopic (exact) mass is 911 g/mol. The SMILES string of the molecule is CCCCCCCCCCCCCCCC(=O)OCC(COC(=O)CCCCCCCCCCCCCCC)OC(=O)CCCCCOC(=O)C(C)(COC(=O)C(C)C)COC(C)C. The smallest absolute Gasteiger partial charge is 0.317 e. The van der Waals surface area contributed by atoms with E-state index in [1.54, 1.807) is 20.8 Å². The second-order valence-electron chi connectivity index (χ2n) is 19.1. The van der Waals surface area contributed by atoms with Gasteiger partial charge in [0.2, 0.25) is 0 Å². The number of rotatable bonds is 46. The van der Waals surface area contributed by atoms with Crippen molar-refractivity contribution in [2.24, 2.45) is 11.3 Å². The molecule has 0 aromatic rings. The highest BCUT2D eigenvalue weighted by Crippen LogP contribution is 2.22. The second kappa shape index (κ2) is 42.9. The first-order valence-electron chi connectivity index (χ1n) is 26.3. The molecule has 11 heteroatoms. The third-order valence-electron chi connectivity index (χ3n) is 11.6. The summed E-state index contributed by atoms with van der Waals surface area (Å²) in [7, 11) is 0. The number of carbonyl (C=O) groups is 5. The molecule has 64 heavy (non-hydrogen) atoms. The fourth-order valence-corrected chi connectivity index (χ4v) is 7.25. The molecule has 0 radical (unpaired) electrons. The van der Waals surface area contributed by atoms with Crippen molar-refractivity contribution in [2.75, 3.05) is 33.0 Å². The first-order chi connectivity index (χ1) is 30.8. The molecule has 0 aliphatic heterocycles. The number of esters is 5. The molecule has 0 N–H and O–H groups in total. The van der Waals surface area contributed by atoms with E-state index >= 15 is 0 Å². The van der Waals surface area contributed by atoms with Crippen LogP contribution in [0.1, 0.15) is 254 Å². The summed E-state index contributed by atoms with van der Waals surface area (Å²) in [5.41, 5.74) is -1.15. The zero-order valence-corrected chi connectivity index (χ0v) is 42.4. The third kappa shape index (κ3) is 38.6. The first kappa shape index (κ1) is 61.3. The molecule has 0 saturated carbocycles. The van der Waals surface area contributed by atoms with Crippen molar-refractivity contribution in [3.05, 3.63) is 0 Å². The lowest BCUT2D eigenvalue weighted by Crippen LogP contribution is -2.41. The van der Waals surface area contributed by atoms with E-state index in [9.17, 15) is 24.0 Å². The molecule has 0 fully saturated rings. The molecule has 0 aromatic carbocycles. The minimum absolute atomic E-state index is 0.0470. The Morgan fingerprint density at radius 3 is 1.16 bits per heavy atom. The normalized spacial score (nSPS) is 12.4. The van der Waals surface area contributed by atoms with E-state index in [-0.39, 0.29) is 63.4 Å². The maximum atomic E-state index is 13.0. The molecule has 0 bridgehead atoms. The molecule has 1 atom stereocenters. The van der Waals surface area contributed by atoms with Crippen LogP contribution in [-0.4, -0.2) is 75.1 Å². The molecule has 0 aromatic heterocycles. The van der Waals surface area contributed by atoms with Gasteiger partial charge in [0, 0.05) is 19.3 Å². The molecule has 11 nitrogen and oxygen atoms in total. The summed E-state index contributed by atoms with van der Waals surface area (Å²) in [6.07, 6.45) is 33.1. The molecule has 0 aliphatic carbocycles. The van der Waals surface area contributed by atoms with Gasteiger partial charge >= 0.3 is 29.8 Å². The molecule has 376 valence electrons. The van der Waals surface area contributed by atoms with Crippen LogP contribution in [0.3, 0.4) is 0 Å². The fourth-order valence-electron chi connectivity index (χ4n) is 7.25. The van der Waals surface area contributed by atoms with Crippen LogP contribution in [0.4, 0.5) is 0 Å². The highest BCUT2D eigenvalue weighted by atomic mass is 16.6. The number of unbranched alkanes of at least 4 members (excludes halogenated alkanes) is 26. The van der Waals surface area contributed by atoms with Crippen molar-refractivity contribution >= 4 is 29.8 Å². The minimum atomic E-state index is -1.15. The van der Waals surface area contributed by atoms with Crippen LogP contribution in [0.2, 0.25) is 0 Å². The van der Waals surface area contributed by atoms with Crippen LogP contribution in [0.25, 0.3) is 0 Å². The lowest BCUT2D eigenvalue weighted by Gasteiger charge is -2.28. The molecule has 0 rings (SSSR count). The topological polar surface area (TPSA) is 141 Å². The Labute approximate surface area is 391 Å². The summed E-state index contributed by atoms with van der Waals surface area (Å²) in [6.45, 7) is 13.0. The summed E-state index contributed by atoms with van der Waals surface area (Å²) in [6, 6.07) is 0. The van der Waals surface area contributed by atoms with E-state index in [4.69, 9.17) is 28.4 Å². The van der Waals surface area contributed by atoms with Gasteiger partial charge in [-0.2, -0.15) is 0 Å². The van der Waals surface area contributed by atoms with Crippen molar-refractivity contribution in [3.8, 4) is 0 Å². The molecule has 1 unspecified atom stereocenters. The zero-order chi connectivity index (χ0) is 47.5. The van der Waals surface area contributed by atoms with Gasteiger partial charge in [0.15, 0.2) is 6.10 Å². The van der Waals surface area contributed by atoms with Crippen molar-refractivity contribution in [3.63, 3.8) is 0 Å². The first-order valence-corrected chi connectivity index (χ1v) is 26.3. The van der Waals surface area contributed by atoms with Gasteiger partial charge in [-0.1, -0.05) is 182 Å². The predicted molar refractivity (Wildman–Crippen MR) is 257 cm³/mol. The Morgan fingerprint density at radius 1 is 0.422 bits per heavy atom. The Hall–Kier alpha value is -2.69. The van der Waals surface area contributed by atoms with Crippen LogP contribution in [0.15, 0.2) is 0 Å². The fraction of sp³-hybridized carbons (Fsp3) is 0.906. The maximum absolute atomic E-state index is 13.0. The lowest BCUT2D eigenvalue weighted by atomic mass is 9.93.